The number of nitrogens with zero attached hydrogens (tertiary/aromatic N) is 1. The van der Waals surface area contributed by atoms with Crippen LogP contribution < -0.4 is 5.32 Å². The Balaban J connectivity index is 2.08. The Bertz CT molecular complexity index is 809. The standard InChI is InChI=1S/C24H32N2O3/c1-6-26(7-2,16-22(27)29-17-21-14-9-8-10-15-21)20(5)24(28)25-23-18(3)12-11-13-19(23)4/h8-15,20H,6-7,16-17H2,1-5H3/p+1. The van der Waals surface area contributed by atoms with Gasteiger partial charge in [-0.05, 0) is 51.3 Å². The van der Waals surface area contributed by atoms with E-state index in [1.165, 1.54) is 0 Å². The number of nitrogens with one attached hydrogen (secondary N) is 1. The number of hydrogen-bond donors (Lipinski definition) is 1. The molecule has 0 radical (unpaired) electrons. The first-order chi connectivity index (χ1) is 13.8. The highest BCUT2D eigenvalue weighted by molar-refractivity contribution is 5.95. The van der Waals surface area contributed by atoms with Gasteiger partial charge >= 0.3 is 5.97 Å². The maximum absolute atomic E-state index is 13.1. The number of carbonyl (C=O) groups excluding carboxylic acids is 2. The fraction of sp³-hybridized carbons (Fsp3) is 0.417. The molecule has 5 nitrogen and oxygen atoms in total. The predicted molar refractivity (Wildman–Crippen MR) is 116 cm³/mol. The second-order valence-corrected chi connectivity index (χ2v) is 7.59. The van der Waals surface area contributed by atoms with Gasteiger partial charge in [0, 0.05) is 5.69 Å². The molecule has 1 amide bonds. The first kappa shape index (κ1) is 22.6. The molecule has 2 rings (SSSR count). The molecule has 0 fully saturated rings. The van der Waals surface area contributed by atoms with E-state index in [0.29, 0.717) is 17.6 Å². The van der Waals surface area contributed by atoms with E-state index in [2.05, 4.69) is 5.32 Å². The lowest BCUT2D eigenvalue weighted by Gasteiger charge is -2.40. The van der Waals surface area contributed by atoms with Crippen molar-refractivity contribution in [1.82, 2.24) is 0 Å². The monoisotopic (exact) mass is 397 g/mol. The molecule has 2 aromatic rings. The summed E-state index contributed by atoms with van der Waals surface area (Å²) in [5, 5.41) is 3.08. The van der Waals surface area contributed by atoms with Crippen molar-refractivity contribution in [2.24, 2.45) is 0 Å². The highest BCUT2D eigenvalue weighted by Crippen LogP contribution is 2.22. The lowest BCUT2D eigenvalue weighted by Crippen LogP contribution is -2.60. The zero-order chi connectivity index (χ0) is 21.4. The highest BCUT2D eigenvalue weighted by atomic mass is 16.5. The summed E-state index contributed by atoms with van der Waals surface area (Å²) >= 11 is 0. The number of carbonyl (C=O) groups is 2. The smallest absolute Gasteiger partial charge is 0.362 e. The number of anilines is 1. The second-order valence-electron chi connectivity index (χ2n) is 7.59. The fourth-order valence-corrected chi connectivity index (χ4v) is 3.66. The molecule has 0 bridgehead atoms. The van der Waals surface area contributed by atoms with E-state index in [-0.39, 0.29) is 31.1 Å². The topological polar surface area (TPSA) is 55.4 Å². The van der Waals surface area contributed by atoms with E-state index < -0.39 is 0 Å². The third-order valence-electron chi connectivity index (χ3n) is 5.88. The van der Waals surface area contributed by atoms with Crippen LogP contribution in [0.2, 0.25) is 0 Å². The Kier molecular flexibility index (Phi) is 7.97. The minimum absolute atomic E-state index is 0.0815. The molecule has 0 aliphatic heterocycles. The molecule has 29 heavy (non-hydrogen) atoms. The molecule has 1 atom stereocenters. The van der Waals surface area contributed by atoms with Gasteiger partial charge in [0.05, 0.1) is 13.1 Å². The third-order valence-corrected chi connectivity index (χ3v) is 5.88. The van der Waals surface area contributed by atoms with Gasteiger partial charge in [-0.25, -0.2) is 4.79 Å². The first-order valence-electron chi connectivity index (χ1n) is 10.2. The minimum atomic E-state index is -0.381. The van der Waals surface area contributed by atoms with Crippen LogP contribution in [0, 0.1) is 13.8 Å². The van der Waals surface area contributed by atoms with Crippen molar-refractivity contribution in [1.29, 1.82) is 0 Å². The van der Waals surface area contributed by atoms with E-state index in [0.717, 1.165) is 22.4 Å². The Morgan fingerprint density at radius 1 is 0.966 bits per heavy atom. The van der Waals surface area contributed by atoms with Gasteiger partial charge in [-0.1, -0.05) is 48.5 Å². The van der Waals surface area contributed by atoms with Gasteiger partial charge in [-0.2, -0.15) is 0 Å². The van der Waals surface area contributed by atoms with Crippen LogP contribution in [0.15, 0.2) is 48.5 Å². The number of rotatable bonds is 9. The molecule has 0 aromatic heterocycles. The predicted octanol–water partition coefficient (Wildman–Crippen LogP) is 4.23. The zero-order valence-electron chi connectivity index (χ0n) is 18.2. The summed E-state index contributed by atoms with van der Waals surface area (Å²) < 4.78 is 5.84. The van der Waals surface area contributed by atoms with Gasteiger partial charge in [-0.15, -0.1) is 0 Å². The van der Waals surface area contributed by atoms with Crippen LogP contribution in [-0.4, -0.2) is 42.0 Å². The summed E-state index contributed by atoms with van der Waals surface area (Å²) in [4.78, 5) is 25.6. The van der Waals surface area contributed by atoms with E-state index in [1.54, 1.807) is 0 Å². The lowest BCUT2D eigenvalue weighted by atomic mass is 10.1. The van der Waals surface area contributed by atoms with Crippen molar-refractivity contribution in [3.8, 4) is 0 Å². The highest BCUT2D eigenvalue weighted by Gasteiger charge is 2.38. The molecule has 0 aliphatic carbocycles. The molecule has 1 unspecified atom stereocenters. The summed E-state index contributed by atoms with van der Waals surface area (Å²) in [5.74, 6) is -0.369. The molecule has 5 heteroatoms. The summed E-state index contributed by atoms with van der Waals surface area (Å²) in [6.07, 6.45) is 0. The van der Waals surface area contributed by atoms with Crippen LogP contribution in [0.5, 0.6) is 0 Å². The number of esters is 1. The summed E-state index contributed by atoms with van der Waals surface area (Å²) in [6, 6.07) is 15.2. The molecule has 0 saturated heterocycles. The summed E-state index contributed by atoms with van der Waals surface area (Å²) in [6.45, 7) is 11.6. The molecule has 0 spiro atoms. The maximum atomic E-state index is 13.1. The van der Waals surface area contributed by atoms with Crippen LogP contribution in [0.1, 0.15) is 37.5 Å². The summed E-state index contributed by atoms with van der Waals surface area (Å²) in [7, 11) is 0. The Morgan fingerprint density at radius 2 is 1.55 bits per heavy atom. The molecule has 0 saturated carbocycles. The Hall–Kier alpha value is -2.66. The minimum Gasteiger partial charge on any atom is -0.457 e. The molecular formula is C24H33N2O3+. The number of benzene rings is 2. The molecule has 1 N–H and O–H groups in total. The van der Waals surface area contributed by atoms with E-state index >= 15 is 0 Å². The van der Waals surface area contributed by atoms with Gasteiger partial charge in [0.1, 0.15) is 6.61 Å². The number of para-hydroxylation sites is 1. The van der Waals surface area contributed by atoms with Gasteiger partial charge in [-0.3, -0.25) is 4.79 Å². The number of quaternary nitrogens is 1. The number of ether oxygens (including phenoxy) is 1. The SMILES string of the molecule is CC[N+](CC)(CC(=O)OCc1ccccc1)C(C)C(=O)Nc1c(C)cccc1C. The van der Waals surface area contributed by atoms with Crippen LogP contribution in [-0.2, 0) is 20.9 Å². The van der Waals surface area contributed by atoms with Crippen LogP contribution >= 0.6 is 0 Å². The Labute approximate surface area is 174 Å². The van der Waals surface area contributed by atoms with Gasteiger partial charge < -0.3 is 14.5 Å². The van der Waals surface area contributed by atoms with Crippen molar-refractivity contribution in [3.05, 3.63) is 65.2 Å². The van der Waals surface area contributed by atoms with Gasteiger partial charge in [0.15, 0.2) is 12.6 Å². The number of likely N-dealkylation sites (N-methyl/N-ethyl adjacent to an activating group) is 1. The third kappa shape index (κ3) is 5.67. The van der Waals surface area contributed by atoms with E-state index in [9.17, 15) is 9.59 Å². The molecule has 2 aromatic carbocycles. The average Bonchev–Trinajstić information content (AvgIpc) is 2.73. The maximum Gasteiger partial charge on any atom is 0.362 e. The quantitative estimate of drug-likeness (QED) is 0.509. The lowest BCUT2D eigenvalue weighted by molar-refractivity contribution is -0.931. The van der Waals surface area contributed by atoms with Crippen molar-refractivity contribution in [3.63, 3.8) is 0 Å². The number of aryl methyl sites for hydroxylation is 2. The molecule has 0 aliphatic rings. The normalized spacial score (nSPS) is 12.3. The van der Waals surface area contributed by atoms with E-state index in [1.807, 2.05) is 83.1 Å². The first-order valence-corrected chi connectivity index (χ1v) is 10.2. The van der Waals surface area contributed by atoms with Crippen molar-refractivity contribution in [2.75, 3.05) is 25.0 Å². The van der Waals surface area contributed by atoms with Crippen LogP contribution in [0.3, 0.4) is 0 Å². The second kappa shape index (κ2) is 10.2. The van der Waals surface area contributed by atoms with Crippen molar-refractivity contribution >= 4 is 17.6 Å². The average molecular weight is 398 g/mol. The van der Waals surface area contributed by atoms with Gasteiger partial charge in [0.25, 0.3) is 5.91 Å². The zero-order valence-corrected chi connectivity index (χ0v) is 18.2. The van der Waals surface area contributed by atoms with Crippen molar-refractivity contribution < 1.29 is 18.8 Å². The fourth-order valence-electron chi connectivity index (χ4n) is 3.66. The molecule has 156 valence electrons. The number of amides is 1. The Morgan fingerprint density at radius 3 is 2.10 bits per heavy atom. The van der Waals surface area contributed by atoms with Crippen molar-refractivity contribution in [2.45, 2.75) is 47.3 Å². The molecular weight excluding hydrogens is 364 g/mol. The van der Waals surface area contributed by atoms with Crippen LogP contribution in [0.25, 0.3) is 0 Å². The molecule has 0 heterocycles. The van der Waals surface area contributed by atoms with Crippen LogP contribution in [0.4, 0.5) is 5.69 Å². The van der Waals surface area contributed by atoms with Gasteiger partial charge in [0.2, 0.25) is 0 Å². The number of hydrogen-bond acceptors (Lipinski definition) is 3. The summed E-state index contributed by atoms with van der Waals surface area (Å²) in [5.41, 5.74) is 3.85. The largest absolute Gasteiger partial charge is 0.457 e. The van der Waals surface area contributed by atoms with E-state index in [4.69, 9.17) is 4.74 Å².